The predicted molar refractivity (Wildman–Crippen MR) is 143 cm³/mol. The number of rotatable bonds is 11. The Bertz CT molecular complexity index is 1450. The molecule has 2 amide bonds. The fourth-order valence-electron chi connectivity index (χ4n) is 4.13. The molecule has 2 heterocycles. The van der Waals surface area contributed by atoms with Gasteiger partial charge in [0, 0.05) is 43.7 Å². The van der Waals surface area contributed by atoms with Gasteiger partial charge in [-0.3, -0.25) is 19.6 Å². The van der Waals surface area contributed by atoms with E-state index in [1.165, 1.54) is 18.2 Å². The van der Waals surface area contributed by atoms with Crippen LogP contribution in [0.3, 0.4) is 0 Å². The molecule has 0 aliphatic heterocycles. The van der Waals surface area contributed by atoms with E-state index < -0.39 is 6.36 Å². The van der Waals surface area contributed by atoms with Gasteiger partial charge in [0.15, 0.2) is 0 Å². The van der Waals surface area contributed by atoms with Crippen LogP contribution in [0.2, 0.25) is 0 Å². The zero-order valence-corrected chi connectivity index (χ0v) is 21.4. The molecular weight excluding hydrogens is 521 g/mol. The second kappa shape index (κ2) is 13.4. The number of nitrogens with zero attached hydrogens (tertiary/aromatic N) is 2. The van der Waals surface area contributed by atoms with E-state index in [0.29, 0.717) is 24.1 Å². The molecule has 206 valence electrons. The smallest absolute Gasteiger partial charge is 0.406 e. The largest absolute Gasteiger partial charge is 0.573 e. The Morgan fingerprint density at radius 1 is 0.825 bits per heavy atom. The number of pyridine rings is 2. The molecule has 0 atom stereocenters. The normalized spacial score (nSPS) is 11.1. The van der Waals surface area contributed by atoms with Gasteiger partial charge in [0.25, 0.3) is 5.91 Å². The maximum atomic E-state index is 13.0. The quantitative estimate of drug-likeness (QED) is 0.267. The zero-order valence-electron chi connectivity index (χ0n) is 21.4. The lowest BCUT2D eigenvalue weighted by atomic mass is 9.97. The first-order valence-electron chi connectivity index (χ1n) is 12.6. The van der Waals surface area contributed by atoms with Gasteiger partial charge in [-0.15, -0.1) is 13.2 Å². The Balaban J connectivity index is 1.37. The average Bonchev–Trinajstić information content (AvgIpc) is 2.95. The van der Waals surface area contributed by atoms with Crippen molar-refractivity contribution in [3.63, 3.8) is 0 Å². The monoisotopic (exact) mass is 548 g/mol. The third kappa shape index (κ3) is 8.39. The summed E-state index contributed by atoms with van der Waals surface area (Å²) in [5.41, 5.74) is 4.00. The van der Waals surface area contributed by atoms with E-state index in [2.05, 4.69) is 25.3 Å². The van der Waals surface area contributed by atoms with Gasteiger partial charge < -0.3 is 15.4 Å². The number of carbonyl (C=O) groups excluding carboxylic acids is 2. The van der Waals surface area contributed by atoms with E-state index in [9.17, 15) is 22.8 Å². The van der Waals surface area contributed by atoms with Crippen molar-refractivity contribution < 1.29 is 27.5 Å². The highest BCUT2D eigenvalue weighted by Gasteiger charge is 2.31. The number of aromatic nitrogens is 2. The summed E-state index contributed by atoms with van der Waals surface area (Å²) >= 11 is 0. The second-order valence-electron chi connectivity index (χ2n) is 8.90. The Morgan fingerprint density at radius 3 is 2.40 bits per heavy atom. The molecule has 4 rings (SSSR count). The summed E-state index contributed by atoms with van der Waals surface area (Å²) in [5, 5.41) is 5.76. The molecule has 40 heavy (non-hydrogen) atoms. The highest BCUT2D eigenvalue weighted by atomic mass is 19.4. The van der Waals surface area contributed by atoms with Gasteiger partial charge in [-0.1, -0.05) is 48.5 Å². The maximum absolute atomic E-state index is 13.0. The maximum Gasteiger partial charge on any atom is 0.573 e. The van der Waals surface area contributed by atoms with E-state index in [4.69, 9.17) is 0 Å². The number of hydrogen-bond donors (Lipinski definition) is 2. The third-order valence-electron chi connectivity index (χ3n) is 6.00. The van der Waals surface area contributed by atoms with Crippen molar-refractivity contribution in [2.45, 2.75) is 32.2 Å². The van der Waals surface area contributed by atoms with E-state index in [1.54, 1.807) is 36.8 Å². The molecule has 0 spiro atoms. The third-order valence-corrected chi connectivity index (χ3v) is 6.00. The number of carbonyl (C=O) groups is 2. The molecule has 2 aromatic carbocycles. The van der Waals surface area contributed by atoms with Crippen LogP contribution < -0.4 is 15.4 Å². The summed E-state index contributed by atoms with van der Waals surface area (Å²) in [4.78, 5) is 34.0. The Morgan fingerprint density at radius 2 is 1.60 bits per heavy atom. The molecule has 0 aliphatic rings. The van der Waals surface area contributed by atoms with Gasteiger partial charge in [0.2, 0.25) is 5.91 Å². The van der Waals surface area contributed by atoms with E-state index >= 15 is 0 Å². The van der Waals surface area contributed by atoms with Gasteiger partial charge in [-0.2, -0.15) is 0 Å². The summed E-state index contributed by atoms with van der Waals surface area (Å²) in [7, 11) is 0. The first kappa shape index (κ1) is 28.3. The topological polar surface area (TPSA) is 93.2 Å². The Kier molecular flexibility index (Phi) is 9.45. The van der Waals surface area contributed by atoms with Crippen molar-refractivity contribution in [3.05, 3.63) is 114 Å². The van der Waals surface area contributed by atoms with Crippen molar-refractivity contribution in [1.82, 2.24) is 20.6 Å². The van der Waals surface area contributed by atoms with Crippen molar-refractivity contribution in [2.75, 3.05) is 6.54 Å². The van der Waals surface area contributed by atoms with Crippen LogP contribution in [0, 0.1) is 0 Å². The average molecular weight is 549 g/mol. The Labute approximate surface area is 229 Å². The molecule has 0 saturated carbocycles. The molecular formula is C30H27F3N4O3. The SMILES string of the molecule is O=C(CCc1cccc(OC(F)(F)F)c1)NCc1ccccc1-c1cccnc1C(=O)NCCc1cccnc1. The van der Waals surface area contributed by atoms with Crippen molar-refractivity contribution >= 4 is 11.8 Å². The van der Waals surface area contributed by atoms with Crippen molar-refractivity contribution in [2.24, 2.45) is 0 Å². The number of alkyl halides is 3. The van der Waals surface area contributed by atoms with Crippen LogP contribution in [0.4, 0.5) is 13.2 Å². The van der Waals surface area contributed by atoms with Crippen LogP contribution in [0.5, 0.6) is 5.75 Å². The molecule has 0 unspecified atom stereocenters. The van der Waals surface area contributed by atoms with Gasteiger partial charge in [0.1, 0.15) is 11.4 Å². The highest BCUT2D eigenvalue weighted by Crippen LogP contribution is 2.27. The summed E-state index contributed by atoms with van der Waals surface area (Å²) < 4.78 is 41.4. The number of hydrogen-bond acceptors (Lipinski definition) is 5. The molecule has 7 nitrogen and oxygen atoms in total. The first-order valence-corrected chi connectivity index (χ1v) is 12.6. The van der Waals surface area contributed by atoms with Crippen LogP contribution in [0.15, 0.2) is 91.4 Å². The molecule has 0 radical (unpaired) electrons. The zero-order chi connectivity index (χ0) is 28.4. The lowest BCUT2D eigenvalue weighted by molar-refractivity contribution is -0.274. The van der Waals surface area contributed by atoms with Crippen LogP contribution >= 0.6 is 0 Å². The lowest BCUT2D eigenvalue weighted by Gasteiger charge is -2.14. The molecule has 0 saturated heterocycles. The fourth-order valence-corrected chi connectivity index (χ4v) is 4.13. The lowest BCUT2D eigenvalue weighted by Crippen LogP contribution is -2.27. The minimum atomic E-state index is -4.78. The number of nitrogens with one attached hydrogen (secondary N) is 2. The highest BCUT2D eigenvalue weighted by molar-refractivity contribution is 5.99. The molecule has 2 aromatic heterocycles. The van der Waals surface area contributed by atoms with Crippen LogP contribution in [0.25, 0.3) is 11.1 Å². The van der Waals surface area contributed by atoms with Crippen LogP contribution in [0.1, 0.15) is 33.6 Å². The standard InChI is InChI=1S/C30H27F3N4O3/c31-30(32,33)40-24-9-3-6-21(18-24)12-13-27(38)37-20-23-8-1-2-10-25(23)26-11-5-16-35-28(26)29(39)36-17-14-22-7-4-15-34-19-22/h1-11,15-16,18-19H,12-14,17,20H2,(H,36,39)(H,37,38). The Hall–Kier alpha value is -4.73. The number of amides is 2. The van der Waals surface area contributed by atoms with Crippen molar-refractivity contribution in [1.29, 1.82) is 0 Å². The summed E-state index contributed by atoms with van der Waals surface area (Å²) in [6.07, 6.45) is 1.17. The van der Waals surface area contributed by atoms with Gasteiger partial charge in [-0.05, 0) is 59.4 Å². The minimum Gasteiger partial charge on any atom is -0.406 e. The van der Waals surface area contributed by atoms with Gasteiger partial charge in [-0.25, -0.2) is 0 Å². The van der Waals surface area contributed by atoms with E-state index in [-0.39, 0.29) is 42.6 Å². The molecule has 2 N–H and O–H groups in total. The second-order valence-corrected chi connectivity index (χ2v) is 8.90. The first-order chi connectivity index (χ1) is 19.3. The van der Waals surface area contributed by atoms with E-state index in [1.807, 2.05) is 36.4 Å². The molecule has 4 aromatic rings. The number of ether oxygens (including phenoxy) is 1. The van der Waals surface area contributed by atoms with Gasteiger partial charge in [0.05, 0.1) is 0 Å². The molecule has 0 fully saturated rings. The predicted octanol–water partition coefficient (Wildman–Crippen LogP) is 5.26. The van der Waals surface area contributed by atoms with Crippen molar-refractivity contribution in [3.8, 4) is 16.9 Å². The summed E-state index contributed by atoms with van der Waals surface area (Å²) in [6, 6.07) is 20.3. The van der Waals surface area contributed by atoms with Crippen LogP contribution in [-0.4, -0.2) is 34.7 Å². The molecule has 0 aliphatic carbocycles. The number of aryl methyl sites for hydroxylation is 1. The van der Waals surface area contributed by atoms with Gasteiger partial charge >= 0.3 is 6.36 Å². The number of halogens is 3. The molecule has 10 heteroatoms. The minimum absolute atomic E-state index is 0.0785. The summed E-state index contributed by atoms with van der Waals surface area (Å²) in [5.74, 6) is -0.903. The fraction of sp³-hybridized carbons (Fsp3) is 0.200. The van der Waals surface area contributed by atoms with Crippen LogP contribution in [-0.2, 0) is 24.2 Å². The summed E-state index contributed by atoms with van der Waals surface area (Å²) in [6.45, 7) is 0.618. The number of benzene rings is 2. The molecule has 0 bridgehead atoms. The van der Waals surface area contributed by atoms with E-state index in [0.717, 1.165) is 16.7 Å².